The molecule has 2 N–H and O–H groups in total. The molecule has 0 atom stereocenters. The van der Waals surface area contributed by atoms with Crippen LogP contribution in [-0.2, 0) is 0 Å². The van der Waals surface area contributed by atoms with Gasteiger partial charge in [-0.15, -0.1) is 0 Å². The largest absolute Gasteiger partial charge is 0.497 e. The van der Waals surface area contributed by atoms with Crippen molar-refractivity contribution in [3.05, 3.63) is 72.1 Å². The van der Waals surface area contributed by atoms with E-state index in [1.807, 2.05) is 0 Å². The highest BCUT2D eigenvalue weighted by Crippen LogP contribution is 2.31. The molecule has 0 aliphatic heterocycles. The highest BCUT2D eigenvalue weighted by atomic mass is 16.5. The lowest BCUT2D eigenvalue weighted by Gasteiger charge is -2.13. The second kappa shape index (κ2) is 8.56. The minimum atomic E-state index is -0.364. The molecule has 140 valence electrons. The van der Waals surface area contributed by atoms with Crippen molar-refractivity contribution in [1.29, 1.82) is 5.26 Å². The summed E-state index contributed by atoms with van der Waals surface area (Å²) in [6.07, 6.45) is 3.05. The van der Waals surface area contributed by atoms with Crippen molar-refractivity contribution in [3.8, 4) is 17.6 Å². The molecule has 0 unspecified atom stereocenters. The molecule has 0 aliphatic rings. The summed E-state index contributed by atoms with van der Waals surface area (Å²) < 4.78 is 10.6. The monoisotopic (exact) mass is 374 g/mol. The second-order valence-corrected chi connectivity index (χ2v) is 5.77. The molecule has 0 radical (unpaired) electrons. The summed E-state index contributed by atoms with van der Waals surface area (Å²) in [5.74, 6) is 0.924. The molecular weight excluding hydrogens is 356 g/mol. The van der Waals surface area contributed by atoms with Gasteiger partial charge in [0.25, 0.3) is 5.91 Å². The first-order valence-corrected chi connectivity index (χ1v) is 8.39. The molecule has 7 nitrogen and oxygen atoms in total. The molecule has 3 rings (SSSR count). The van der Waals surface area contributed by atoms with Crippen molar-refractivity contribution in [2.45, 2.75) is 0 Å². The van der Waals surface area contributed by atoms with Gasteiger partial charge in [-0.1, -0.05) is 12.1 Å². The summed E-state index contributed by atoms with van der Waals surface area (Å²) >= 11 is 0. The lowest BCUT2D eigenvalue weighted by Crippen LogP contribution is -2.13. The SMILES string of the molecule is COc1ccc(OC)c(Nc2cncc(C(=O)Nc3ccccc3C#N)c2)c1. The quantitative estimate of drug-likeness (QED) is 0.678. The number of benzene rings is 2. The predicted octanol–water partition coefficient (Wildman–Crippen LogP) is 3.97. The summed E-state index contributed by atoms with van der Waals surface area (Å²) in [6.45, 7) is 0. The number of aromatic nitrogens is 1. The van der Waals surface area contributed by atoms with E-state index < -0.39 is 0 Å². The van der Waals surface area contributed by atoms with Gasteiger partial charge in [0.2, 0.25) is 0 Å². The van der Waals surface area contributed by atoms with E-state index in [4.69, 9.17) is 14.7 Å². The Morgan fingerprint density at radius 3 is 2.61 bits per heavy atom. The smallest absolute Gasteiger partial charge is 0.257 e. The van der Waals surface area contributed by atoms with Gasteiger partial charge in [0.1, 0.15) is 17.6 Å². The van der Waals surface area contributed by atoms with Gasteiger partial charge in [0.15, 0.2) is 0 Å². The number of rotatable bonds is 6. The Bertz CT molecular complexity index is 1040. The number of methoxy groups -OCH3 is 2. The Morgan fingerprint density at radius 1 is 1.04 bits per heavy atom. The standard InChI is InChI=1S/C21H18N4O3/c1-27-17-7-8-20(28-2)19(10-17)24-16-9-15(12-23-13-16)21(26)25-18-6-4-3-5-14(18)11-22/h3-10,12-13,24H,1-2H3,(H,25,26). The van der Waals surface area contributed by atoms with Gasteiger partial charge in [0, 0.05) is 12.3 Å². The third-order valence-electron chi connectivity index (χ3n) is 3.98. The Balaban J connectivity index is 1.83. The Labute approximate surface area is 162 Å². The molecule has 2 aromatic carbocycles. The first-order chi connectivity index (χ1) is 13.6. The van der Waals surface area contributed by atoms with E-state index in [-0.39, 0.29) is 5.91 Å². The van der Waals surface area contributed by atoms with Crippen molar-refractivity contribution in [2.75, 3.05) is 24.9 Å². The molecule has 3 aromatic rings. The Kier molecular flexibility index (Phi) is 5.72. The van der Waals surface area contributed by atoms with Crippen molar-refractivity contribution >= 4 is 23.0 Å². The molecule has 28 heavy (non-hydrogen) atoms. The van der Waals surface area contributed by atoms with Crippen LogP contribution in [0.5, 0.6) is 11.5 Å². The molecule has 1 heterocycles. The van der Waals surface area contributed by atoms with Crippen molar-refractivity contribution in [2.24, 2.45) is 0 Å². The Hall–Kier alpha value is -4.05. The summed E-state index contributed by atoms with van der Waals surface area (Å²) in [5.41, 5.74) is 2.46. The summed E-state index contributed by atoms with van der Waals surface area (Å²) in [7, 11) is 3.15. The average molecular weight is 374 g/mol. The third-order valence-corrected chi connectivity index (χ3v) is 3.98. The first-order valence-electron chi connectivity index (χ1n) is 8.39. The van der Waals surface area contributed by atoms with Gasteiger partial charge < -0.3 is 20.1 Å². The minimum absolute atomic E-state index is 0.347. The number of nitrogens with zero attached hydrogens (tertiary/aromatic N) is 2. The van der Waals surface area contributed by atoms with Gasteiger partial charge in [0.05, 0.1) is 48.6 Å². The van der Waals surface area contributed by atoms with Gasteiger partial charge in [-0.05, 0) is 30.3 Å². The van der Waals surface area contributed by atoms with E-state index in [0.717, 1.165) is 0 Å². The van der Waals surface area contributed by atoms with Crippen molar-refractivity contribution in [1.82, 2.24) is 4.98 Å². The number of nitriles is 1. The number of amides is 1. The van der Waals surface area contributed by atoms with Gasteiger partial charge in [-0.3, -0.25) is 9.78 Å². The van der Waals surface area contributed by atoms with Crippen LogP contribution in [0.4, 0.5) is 17.1 Å². The number of hydrogen-bond acceptors (Lipinski definition) is 6. The van der Waals surface area contributed by atoms with E-state index in [1.165, 1.54) is 6.20 Å². The van der Waals surface area contributed by atoms with Crippen molar-refractivity contribution in [3.63, 3.8) is 0 Å². The van der Waals surface area contributed by atoms with E-state index in [0.29, 0.717) is 39.7 Å². The number of pyridine rings is 1. The lowest BCUT2D eigenvalue weighted by molar-refractivity contribution is 0.102. The fourth-order valence-corrected chi connectivity index (χ4v) is 2.58. The third kappa shape index (κ3) is 4.19. The van der Waals surface area contributed by atoms with Crippen LogP contribution in [-0.4, -0.2) is 25.1 Å². The van der Waals surface area contributed by atoms with Gasteiger partial charge in [-0.25, -0.2) is 0 Å². The van der Waals surface area contributed by atoms with Gasteiger partial charge >= 0.3 is 0 Å². The van der Waals surface area contributed by atoms with Crippen LogP contribution in [0.3, 0.4) is 0 Å². The van der Waals surface area contributed by atoms with E-state index in [9.17, 15) is 4.79 Å². The zero-order valence-corrected chi connectivity index (χ0v) is 15.4. The molecular formula is C21H18N4O3. The number of hydrogen-bond donors (Lipinski definition) is 2. The number of ether oxygens (including phenoxy) is 2. The predicted molar refractivity (Wildman–Crippen MR) is 106 cm³/mol. The van der Waals surface area contributed by atoms with E-state index >= 15 is 0 Å². The maximum Gasteiger partial charge on any atom is 0.257 e. The van der Waals surface area contributed by atoms with Crippen LogP contribution in [0.25, 0.3) is 0 Å². The first kappa shape index (κ1) is 18.7. The van der Waals surface area contributed by atoms with Crippen LogP contribution in [0, 0.1) is 11.3 Å². The van der Waals surface area contributed by atoms with Crippen LogP contribution in [0.1, 0.15) is 15.9 Å². The molecule has 0 bridgehead atoms. The normalized spacial score (nSPS) is 9.89. The molecule has 7 heteroatoms. The average Bonchev–Trinajstić information content (AvgIpc) is 2.74. The number of anilines is 3. The lowest BCUT2D eigenvalue weighted by atomic mass is 10.1. The van der Waals surface area contributed by atoms with Crippen LogP contribution in [0.2, 0.25) is 0 Å². The maximum atomic E-state index is 12.6. The number of para-hydroxylation sites is 1. The zero-order chi connectivity index (χ0) is 19.9. The highest BCUT2D eigenvalue weighted by molar-refractivity contribution is 6.05. The highest BCUT2D eigenvalue weighted by Gasteiger charge is 2.11. The molecule has 0 saturated heterocycles. The molecule has 1 aromatic heterocycles. The molecule has 0 saturated carbocycles. The molecule has 0 fully saturated rings. The van der Waals surface area contributed by atoms with Crippen LogP contribution in [0.15, 0.2) is 60.9 Å². The summed E-state index contributed by atoms with van der Waals surface area (Å²) in [4.78, 5) is 16.7. The minimum Gasteiger partial charge on any atom is -0.497 e. The zero-order valence-electron chi connectivity index (χ0n) is 15.4. The fourth-order valence-electron chi connectivity index (χ4n) is 2.58. The maximum absolute atomic E-state index is 12.6. The topological polar surface area (TPSA) is 96.3 Å². The number of carbonyl (C=O) groups excluding carboxylic acids is 1. The number of carbonyl (C=O) groups is 1. The van der Waals surface area contributed by atoms with Crippen LogP contribution < -0.4 is 20.1 Å². The molecule has 0 aliphatic carbocycles. The summed E-state index contributed by atoms with van der Waals surface area (Å²) in [6, 6.07) is 15.9. The molecule has 1 amide bonds. The van der Waals surface area contributed by atoms with E-state index in [1.54, 1.807) is 68.9 Å². The summed E-state index contributed by atoms with van der Waals surface area (Å²) in [5, 5.41) is 15.1. The number of nitrogens with one attached hydrogen (secondary N) is 2. The van der Waals surface area contributed by atoms with Gasteiger partial charge in [-0.2, -0.15) is 5.26 Å². The van der Waals surface area contributed by atoms with Crippen molar-refractivity contribution < 1.29 is 14.3 Å². The van der Waals surface area contributed by atoms with E-state index in [2.05, 4.69) is 21.7 Å². The Morgan fingerprint density at radius 2 is 1.86 bits per heavy atom. The fraction of sp³-hybridized carbons (Fsp3) is 0.0952. The van der Waals surface area contributed by atoms with Crippen LogP contribution >= 0.6 is 0 Å². The molecule has 0 spiro atoms. The second-order valence-electron chi connectivity index (χ2n) is 5.77.